The van der Waals surface area contributed by atoms with E-state index in [1.165, 1.54) is 0 Å². The van der Waals surface area contributed by atoms with Gasteiger partial charge in [0.1, 0.15) is 6.61 Å². The maximum atomic E-state index is 5.04. The number of oxime groups is 1. The van der Waals surface area contributed by atoms with E-state index < -0.39 is 0 Å². The van der Waals surface area contributed by atoms with Crippen LogP contribution in [0.25, 0.3) is 0 Å². The lowest BCUT2D eigenvalue weighted by atomic mass is 9.98. The van der Waals surface area contributed by atoms with Crippen molar-refractivity contribution in [1.82, 2.24) is 0 Å². The van der Waals surface area contributed by atoms with Gasteiger partial charge in [-0.2, -0.15) is 0 Å². The minimum absolute atomic E-state index is 0.454. The van der Waals surface area contributed by atoms with Crippen LogP contribution in [0.15, 0.2) is 17.8 Å². The van der Waals surface area contributed by atoms with Crippen molar-refractivity contribution in [3.8, 4) is 0 Å². The van der Waals surface area contributed by atoms with Crippen molar-refractivity contribution >= 4 is 5.71 Å². The van der Waals surface area contributed by atoms with Crippen LogP contribution in [0.5, 0.6) is 0 Å². The molecule has 0 radical (unpaired) electrons. The van der Waals surface area contributed by atoms with E-state index in [-0.39, 0.29) is 0 Å². The second-order valence-electron chi connectivity index (χ2n) is 3.41. The second kappa shape index (κ2) is 5.81. The first-order valence-corrected chi connectivity index (χ1v) is 4.40. The molecule has 0 spiro atoms. The fraction of sp³-hybridized carbons (Fsp3) is 0.700. The Morgan fingerprint density at radius 2 is 1.83 bits per heavy atom. The standard InChI is InChI=1S/C10H19NO/c1-6-7-12-11-10(8(2)3)9(4)5/h6,8-9H,1,7H2,2-5H3. The Morgan fingerprint density at radius 3 is 2.17 bits per heavy atom. The molecular weight excluding hydrogens is 150 g/mol. The summed E-state index contributed by atoms with van der Waals surface area (Å²) in [4.78, 5) is 5.04. The van der Waals surface area contributed by atoms with E-state index in [1.807, 2.05) is 0 Å². The predicted molar refractivity (Wildman–Crippen MR) is 53.3 cm³/mol. The number of hydrogen-bond acceptors (Lipinski definition) is 2. The second-order valence-corrected chi connectivity index (χ2v) is 3.41. The maximum Gasteiger partial charge on any atom is 0.135 e. The molecule has 0 atom stereocenters. The zero-order valence-corrected chi connectivity index (χ0v) is 8.50. The molecule has 0 unspecified atom stereocenters. The quantitative estimate of drug-likeness (QED) is 0.268. The summed E-state index contributed by atoms with van der Waals surface area (Å²) in [5.74, 6) is 0.907. The molecule has 0 aliphatic rings. The molecule has 0 amide bonds. The fourth-order valence-electron chi connectivity index (χ4n) is 1.04. The summed E-state index contributed by atoms with van der Waals surface area (Å²) in [6.45, 7) is 12.5. The Morgan fingerprint density at radius 1 is 1.33 bits per heavy atom. The average molecular weight is 169 g/mol. The Labute approximate surface area is 75.3 Å². The lowest BCUT2D eigenvalue weighted by Gasteiger charge is -2.12. The predicted octanol–water partition coefficient (Wildman–Crippen LogP) is 2.86. The van der Waals surface area contributed by atoms with Crippen LogP contribution >= 0.6 is 0 Å². The number of nitrogens with zero attached hydrogens (tertiary/aromatic N) is 1. The molecule has 0 N–H and O–H groups in total. The highest BCUT2D eigenvalue weighted by Crippen LogP contribution is 2.07. The van der Waals surface area contributed by atoms with Crippen LogP contribution in [0.1, 0.15) is 27.7 Å². The molecule has 0 saturated heterocycles. The van der Waals surface area contributed by atoms with Crippen LogP contribution in [0, 0.1) is 11.8 Å². The third-order valence-electron chi connectivity index (χ3n) is 1.55. The summed E-state index contributed by atoms with van der Waals surface area (Å²) in [6, 6.07) is 0. The highest BCUT2D eigenvalue weighted by atomic mass is 16.6. The van der Waals surface area contributed by atoms with Crippen LogP contribution in [0.3, 0.4) is 0 Å². The molecule has 0 aliphatic heterocycles. The van der Waals surface area contributed by atoms with Gasteiger partial charge in [-0.1, -0.05) is 45.5 Å². The highest BCUT2D eigenvalue weighted by molar-refractivity contribution is 5.87. The Bertz CT molecular complexity index is 149. The van der Waals surface area contributed by atoms with Gasteiger partial charge in [-0.25, -0.2) is 0 Å². The van der Waals surface area contributed by atoms with E-state index in [9.17, 15) is 0 Å². The summed E-state index contributed by atoms with van der Waals surface area (Å²) in [6.07, 6.45) is 1.70. The molecule has 2 nitrogen and oxygen atoms in total. The minimum atomic E-state index is 0.454. The SMILES string of the molecule is C=CCON=C(C(C)C)C(C)C. The van der Waals surface area contributed by atoms with Crippen LogP contribution in [0.2, 0.25) is 0 Å². The first-order chi connectivity index (χ1) is 5.59. The highest BCUT2D eigenvalue weighted by Gasteiger charge is 2.09. The molecule has 12 heavy (non-hydrogen) atoms. The summed E-state index contributed by atoms with van der Waals surface area (Å²) in [5, 5.41) is 4.06. The Kier molecular flexibility index (Phi) is 5.43. The first-order valence-electron chi connectivity index (χ1n) is 4.40. The molecule has 0 aromatic heterocycles. The average Bonchev–Trinajstić information content (AvgIpc) is 1.96. The minimum Gasteiger partial charge on any atom is -0.392 e. The molecule has 0 aromatic carbocycles. The summed E-state index contributed by atoms with van der Waals surface area (Å²) < 4.78 is 0. The summed E-state index contributed by atoms with van der Waals surface area (Å²) in [7, 11) is 0. The molecule has 0 bridgehead atoms. The van der Waals surface area contributed by atoms with Crippen LogP contribution in [-0.4, -0.2) is 12.3 Å². The van der Waals surface area contributed by atoms with Gasteiger partial charge in [-0.15, -0.1) is 0 Å². The molecule has 0 aromatic rings. The van der Waals surface area contributed by atoms with Gasteiger partial charge in [0, 0.05) is 0 Å². The Balaban J connectivity index is 4.09. The van der Waals surface area contributed by atoms with Gasteiger partial charge in [0.05, 0.1) is 5.71 Å². The van der Waals surface area contributed by atoms with Crippen molar-refractivity contribution in [2.45, 2.75) is 27.7 Å². The van der Waals surface area contributed by atoms with Gasteiger partial charge < -0.3 is 4.84 Å². The molecule has 70 valence electrons. The number of rotatable bonds is 5. The van der Waals surface area contributed by atoms with Crippen molar-refractivity contribution in [2.75, 3.05) is 6.61 Å². The lowest BCUT2D eigenvalue weighted by molar-refractivity contribution is 0.171. The molecule has 2 heteroatoms. The third kappa shape index (κ3) is 4.16. The monoisotopic (exact) mass is 169 g/mol. The van der Waals surface area contributed by atoms with Gasteiger partial charge in [0.25, 0.3) is 0 Å². The molecule has 0 fully saturated rings. The molecule has 0 heterocycles. The van der Waals surface area contributed by atoms with E-state index in [2.05, 4.69) is 39.4 Å². The van der Waals surface area contributed by atoms with Crippen molar-refractivity contribution in [1.29, 1.82) is 0 Å². The molecule has 0 aliphatic carbocycles. The Hall–Kier alpha value is -0.790. The normalized spacial score (nSPS) is 10.2. The van der Waals surface area contributed by atoms with Gasteiger partial charge >= 0.3 is 0 Å². The van der Waals surface area contributed by atoms with E-state index in [0.29, 0.717) is 18.4 Å². The van der Waals surface area contributed by atoms with Crippen molar-refractivity contribution in [2.24, 2.45) is 17.0 Å². The smallest absolute Gasteiger partial charge is 0.135 e. The zero-order chi connectivity index (χ0) is 9.56. The van der Waals surface area contributed by atoms with Crippen LogP contribution < -0.4 is 0 Å². The largest absolute Gasteiger partial charge is 0.392 e. The van der Waals surface area contributed by atoms with Gasteiger partial charge in [-0.3, -0.25) is 0 Å². The van der Waals surface area contributed by atoms with Crippen molar-refractivity contribution in [3.05, 3.63) is 12.7 Å². The van der Waals surface area contributed by atoms with Crippen LogP contribution in [0.4, 0.5) is 0 Å². The zero-order valence-electron chi connectivity index (χ0n) is 8.50. The maximum absolute atomic E-state index is 5.04. The van der Waals surface area contributed by atoms with E-state index >= 15 is 0 Å². The number of hydrogen-bond donors (Lipinski definition) is 0. The van der Waals surface area contributed by atoms with Crippen molar-refractivity contribution < 1.29 is 4.84 Å². The topological polar surface area (TPSA) is 21.6 Å². The third-order valence-corrected chi connectivity index (χ3v) is 1.55. The van der Waals surface area contributed by atoms with E-state index in [1.54, 1.807) is 6.08 Å². The van der Waals surface area contributed by atoms with E-state index in [4.69, 9.17) is 4.84 Å². The molecule has 0 saturated carbocycles. The van der Waals surface area contributed by atoms with Gasteiger partial charge in [0.2, 0.25) is 0 Å². The van der Waals surface area contributed by atoms with Crippen molar-refractivity contribution in [3.63, 3.8) is 0 Å². The first kappa shape index (κ1) is 11.2. The lowest BCUT2D eigenvalue weighted by Crippen LogP contribution is -2.15. The molecular formula is C10H19NO. The van der Waals surface area contributed by atoms with E-state index in [0.717, 1.165) is 5.71 Å². The summed E-state index contributed by atoms with van der Waals surface area (Å²) >= 11 is 0. The van der Waals surface area contributed by atoms with Crippen LogP contribution in [-0.2, 0) is 4.84 Å². The fourth-order valence-corrected chi connectivity index (χ4v) is 1.04. The summed E-state index contributed by atoms with van der Waals surface area (Å²) in [5.41, 5.74) is 1.11. The molecule has 0 rings (SSSR count). The van der Waals surface area contributed by atoms with Gasteiger partial charge in [-0.05, 0) is 11.8 Å². The van der Waals surface area contributed by atoms with Gasteiger partial charge in [0.15, 0.2) is 0 Å².